The van der Waals surface area contributed by atoms with Crippen LogP contribution in [0, 0.1) is 0 Å². The van der Waals surface area contributed by atoms with Crippen LogP contribution >= 0.6 is 0 Å². The number of hydrogen-bond donors (Lipinski definition) is 1. The highest BCUT2D eigenvalue weighted by atomic mass is 16.3. The molecular formula is C16H26O. The lowest BCUT2D eigenvalue weighted by atomic mass is 9.86. The molecule has 17 heavy (non-hydrogen) atoms. The van der Waals surface area contributed by atoms with Crippen molar-refractivity contribution in [3.05, 3.63) is 35.4 Å². The Morgan fingerprint density at radius 2 is 1.71 bits per heavy atom. The predicted molar refractivity (Wildman–Crippen MR) is 74.1 cm³/mol. The van der Waals surface area contributed by atoms with Crippen LogP contribution in [-0.2, 0) is 12.0 Å². The molecule has 0 heterocycles. The Labute approximate surface area is 106 Å². The van der Waals surface area contributed by atoms with E-state index in [9.17, 15) is 5.11 Å². The van der Waals surface area contributed by atoms with Gasteiger partial charge < -0.3 is 5.11 Å². The van der Waals surface area contributed by atoms with E-state index in [4.69, 9.17) is 0 Å². The molecule has 1 nitrogen and oxygen atoms in total. The second-order valence-corrected chi connectivity index (χ2v) is 5.14. The van der Waals surface area contributed by atoms with Gasteiger partial charge in [0, 0.05) is 0 Å². The molecule has 0 aromatic heterocycles. The summed E-state index contributed by atoms with van der Waals surface area (Å²) in [5, 5.41) is 10.6. The molecule has 1 aromatic carbocycles. The summed E-state index contributed by atoms with van der Waals surface area (Å²) in [6, 6.07) is 8.35. The maximum absolute atomic E-state index is 10.6. The van der Waals surface area contributed by atoms with Gasteiger partial charge in [-0.25, -0.2) is 0 Å². The van der Waals surface area contributed by atoms with Gasteiger partial charge in [-0.05, 0) is 37.3 Å². The van der Waals surface area contributed by atoms with Crippen molar-refractivity contribution >= 4 is 0 Å². The largest absolute Gasteiger partial charge is 0.385 e. The first-order chi connectivity index (χ1) is 8.11. The van der Waals surface area contributed by atoms with E-state index >= 15 is 0 Å². The number of aryl methyl sites for hydroxylation is 1. The molecule has 1 N–H and O–H groups in total. The van der Waals surface area contributed by atoms with Gasteiger partial charge in [-0.3, -0.25) is 0 Å². The standard InChI is InChI=1S/C16H26O/c1-4-6-10-14-11-8-9-12-15(14)16(3,17)13-7-5-2/h8-9,11-12,17H,4-7,10,13H2,1-3H3. The second-order valence-electron chi connectivity index (χ2n) is 5.14. The molecule has 1 rings (SSSR count). The predicted octanol–water partition coefficient (Wildman–Crippen LogP) is 4.43. The van der Waals surface area contributed by atoms with E-state index in [0.29, 0.717) is 0 Å². The fourth-order valence-electron chi connectivity index (χ4n) is 2.29. The third kappa shape index (κ3) is 4.16. The van der Waals surface area contributed by atoms with Gasteiger partial charge in [0.05, 0.1) is 5.60 Å². The summed E-state index contributed by atoms with van der Waals surface area (Å²) in [4.78, 5) is 0. The van der Waals surface area contributed by atoms with E-state index < -0.39 is 5.60 Å². The molecule has 1 heteroatoms. The SMILES string of the molecule is CCCCc1ccccc1C(C)(O)CCCC. The van der Waals surface area contributed by atoms with Gasteiger partial charge in [0.2, 0.25) is 0 Å². The molecular weight excluding hydrogens is 208 g/mol. The molecule has 0 fully saturated rings. The minimum absolute atomic E-state index is 0.666. The van der Waals surface area contributed by atoms with Crippen LogP contribution in [0.5, 0.6) is 0 Å². The summed E-state index contributed by atoms with van der Waals surface area (Å²) in [5.41, 5.74) is 1.78. The van der Waals surface area contributed by atoms with E-state index in [1.165, 1.54) is 18.4 Å². The van der Waals surface area contributed by atoms with Crippen LogP contribution in [0.1, 0.15) is 64.0 Å². The quantitative estimate of drug-likeness (QED) is 0.740. The maximum Gasteiger partial charge on any atom is 0.0871 e. The Kier molecular flexibility index (Phi) is 5.70. The highest BCUT2D eigenvalue weighted by molar-refractivity contribution is 5.32. The fourth-order valence-corrected chi connectivity index (χ4v) is 2.29. The zero-order valence-corrected chi connectivity index (χ0v) is 11.5. The summed E-state index contributed by atoms with van der Waals surface area (Å²) >= 11 is 0. The van der Waals surface area contributed by atoms with Gasteiger partial charge in [-0.15, -0.1) is 0 Å². The molecule has 0 spiro atoms. The van der Waals surface area contributed by atoms with Crippen molar-refractivity contribution in [1.82, 2.24) is 0 Å². The molecule has 0 saturated carbocycles. The Balaban J connectivity index is 2.86. The molecule has 1 aromatic rings. The first kappa shape index (κ1) is 14.2. The molecule has 0 aliphatic heterocycles. The summed E-state index contributed by atoms with van der Waals surface area (Å²) in [6.07, 6.45) is 6.54. The van der Waals surface area contributed by atoms with Gasteiger partial charge in [-0.2, -0.15) is 0 Å². The maximum atomic E-state index is 10.6. The Morgan fingerprint density at radius 3 is 2.35 bits per heavy atom. The van der Waals surface area contributed by atoms with Crippen molar-refractivity contribution in [3.63, 3.8) is 0 Å². The minimum atomic E-state index is -0.666. The second kappa shape index (κ2) is 6.80. The Bertz CT molecular complexity index is 328. The van der Waals surface area contributed by atoms with E-state index in [1.54, 1.807) is 0 Å². The average Bonchev–Trinajstić information content (AvgIpc) is 2.34. The van der Waals surface area contributed by atoms with E-state index in [2.05, 4.69) is 32.0 Å². The number of aliphatic hydroxyl groups is 1. The molecule has 0 aliphatic carbocycles. The molecule has 0 radical (unpaired) electrons. The smallest absolute Gasteiger partial charge is 0.0871 e. The number of unbranched alkanes of at least 4 members (excludes halogenated alkanes) is 2. The van der Waals surface area contributed by atoms with Crippen molar-refractivity contribution in [1.29, 1.82) is 0 Å². The zero-order chi connectivity index (χ0) is 12.7. The van der Waals surface area contributed by atoms with Gasteiger partial charge in [-0.1, -0.05) is 57.4 Å². The van der Waals surface area contributed by atoms with E-state index in [1.807, 2.05) is 13.0 Å². The number of benzene rings is 1. The van der Waals surface area contributed by atoms with E-state index in [-0.39, 0.29) is 0 Å². The van der Waals surface area contributed by atoms with Crippen LogP contribution in [0.15, 0.2) is 24.3 Å². The van der Waals surface area contributed by atoms with Crippen molar-refractivity contribution in [3.8, 4) is 0 Å². The molecule has 0 aliphatic rings. The van der Waals surface area contributed by atoms with Gasteiger partial charge in [0.1, 0.15) is 0 Å². The molecule has 1 atom stereocenters. The first-order valence-corrected chi connectivity index (χ1v) is 6.92. The third-order valence-corrected chi connectivity index (χ3v) is 3.41. The molecule has 0 saturated heterocycles. The molecule has 96 valence electrons. The van der Waals surface area contributed by atoms with Crippen LogP contribution in [0.25, 0.3) is 0 Å². The van der Waals surface area contributed by atoms with Crippen molar-refractivity contribution in [2.75, 3.05) is 0 Å². The lowest BCUT2D eigenvalue weighted by Crippen LogP contribution is -2.22. The molecule has 1 unspecified atom stereocenters. The molecule has 0 bridgehead atoms. The monoisotopic (exact) mass is 234 g/mol. The number of rotatable bonds is 7. The average molecular weight is 234 g/mol. The summed E-state index contributed by atoms with van der Waals surface area (Å²) in [6.45, 7) is 6.32. The van der Waals surface area contributed by atoms with Gasteiger partial charge in [0.25, 0.3) is 0 Å². The van der Waals surface area contributed by atoms with Crippen molar-refractivity contribution < 1.29 is 5.11 Å². The summed E-state index contributed by atoms with van der Waals surface area (Å²) < 4.78 is 0. The highest BCUT2D eigenvalue weighted by Gasteiger charge is 2.24. The van der Waals surface area contributed by atoms with Crippen LogP contribution in [0.4, 0.5) is 0 Å². The topological polar surface area (TPSA) is 20.2 Å². The first-order valence-electron chi connectivity index (χ1n) is 6.92. The number of hydrogen-bond acceptors (Lipinski definition) is 1. The Hall–Kier alpha value is -0.820. The van der Waals surface area contributed by atoms with Gasteiger partial charge in [0.15, 0.2) is 0 Å². The van der Waals surface area contributed by atoms with Crippen molar-refractivity contribution in [2.45, 2.75) is 64.9 Å². The lowest BCUT2D eigenvalue weighted by Gasteiger charge is -2.26. The van der Waals surface area contributed by atoms with Crippen LogP contribution < -0.4 is 0 Å². The van der Waals surface area contributed by atoms with E-state index in [0.717, 1.165) is 31.2 Å². The van der Waals surface area contributed by atoms with Crippen LogP contribution in [0.3, 0.4) is 0 Å². The lowest BCUT2D eigenvalue weighted by molar-refractivity contribution is 0.0444. The van der Waals surface area contributed by atoms with Crippen molar-refractivity contribution in [2.24, 2.45) is 0 Å². The van der Waals surface area contributed by atoms with Crippen LogP contribution in [0.2, 0.25) is 0 Å². The Morgan fingerprint density at radius 1 is 1.06 bits per heavy atom. The highest BCUT2D eigenvalue weighted by Crippen LogP contribution is 2.30. The zero-order valence-electron chi connectivity index (χ0n) is 11.5. The third-order valence-electron chi connectivity index (χ3n) is 3.41. The summed E-state index contributed by atoms with van der Waals surface area (Å²) in [7, 11) is 0. The van der Waals surface area contributed by atoms with Crippen LogP contribution in [-0.4, -0.2) is 5.11 Å². The van der Waals surface area contributed by atoms with Gasteiger partial charge >= 0.3 is 0 Å². The fraction of sp³-hybridized carbons (Fsp3) is 0.625. The minimum Gasteiger partial charge on any atom is -0.385 e. The normalized spacial score (nSPS) is 14.6. The molecule has 0 amide bonds. The summed E-state index contributed by atoms with van der Waals surface area (Å²) in [5.74, 6) is 0.